The third-order valence-corrected chi connectivity index (χ3v) is 7.01. The van der Waals surface area contributed by atoms with Crippen LogP contribution in [0.25, 0.3) is 10.8 Å². The Morgan fingerprint density at radius 3 is 2.24 bits per heavy atom. The van der Waals surface area contributed by atoms with Gasteiger partial charge in [-0.15, -0.1) is 5.11 Å². The molecule has 4 N–H and O–H groups in total. The molecular weight excluding hydrogens is 572 g/mol. The van der Waals surface area contributed by atoms with Crippen molar-refractivity contribution in [2.24, 2.45) is 10.2 Å². The number of carbonyl (C=O) groups excluding carboxylic acids is 1. The zero-order chi connectivity index (χ0) is 29.9. The normalized spacial score (nSPS) is 11.6. The summed E-state index contributed by atoms with van der Waals surface area (Å²) in [5.74, 6) is -1.30. The first-order chi connectivity index (χ1) is 19.3. The molecule has 0 saturated heterocycles. The van der Waals surface area contributed by atoms with Crippen molar-refractivity contribution in [2.75, 3.05) is 16.3 Å². The van der Waals surface area contributed by atoms with Gasteiger partial charge in [-0.25, -0.2) is 8.42 Å². The Balaban J connectivity index is 1.87. The number of phenols is 1. The van der Waals surface area contributed by atoms with Gasteiger partial charge in [-0.1, -0.05) is 18.2 Å². The molecule has 1 amide bonds. The molecule has 0 aliphatic rings. The highest BCUT2D eigenvalue weighted by Gasteiger charge is 2.19. The summed E-state index contributed by atoms with van der Waals surface area (Å²) in [6.45, 7) is 0. The number of hydrogen-bond acceptors (Lipinski definition) is 10. The average Bonchev–Trinajstić information content (AvgIpc) is 2.92. The minimum absolute atomic E-state index is 0.00518. The summed E-state index contributed by atoms with van der Waals surface area (Å²) in [6.07, 6.45) is 0.933. The second kappa shape index (κ2) is 11.0. The first kappa shape index (κ1) is 28.7. The molecule has 0 aliphatic carbocycles. The highest BCUT2D eigenvalue weighted by atomic mass is 32.2. The number of benzene rings is 4. The zero-order valence-corrected chi connectivity index (χ0v) is 22.5. The molecular formula is C26H18N6O7S2. The number of azo groups is 1. The smallest absolute Gasteiger partial charge is 0.294 e. The first-order valence-corrected chi connectivity index (χ1v) is 14.7. The Hall–Kier alpha value is -5.35. The summed E-state index contributed by atoms with van der Waals surface area (Å²) in [4.78, 5) is 12.4. The topological polar surface area (TPSA) is 222 Å². The van der Waals surface area contributed by atoms with Crippen LogP contribution in [0, 0.1) is 22.7 Å². The number of phenolic OH excluding ortho intramolecular Hbond substituents is 1. The van der Waals surface area contributed by atoms with Crippen molar-refractivity contribution in [2.45, 2.75) is 4.90 Å². The Labute approximate surface area is 233 Å². The maximum absolute atomic E-state index is 13.0. The molecule has 0 aromatic heterocycles. The minimum Gasteiger partial charge on any atom is -0.505 e. The predicted molar refractivity (Wildman–Crippen MR) is 148 cm³/mol. The van der Waals surface area contributed by atoms with E-state index in [2.05, 4.69) is 20.3 Å². The molecule has 0 spiro atoms. The standard InChI is InChI=1S/C26H18N6O7S2/c1-40(35,36)32-21-7-3-6-20-24(21)22(31-30-18-9-8-16(13-27)17(10-18)14-28)12-23(25(20)33)29-26(34)15-4-2-5-19(11-15)41(37,38)39/h2-12,32-33H,1H3,(H,29,34)(H,37,38,39). The lowest BCUT2D eigenvalue weighted by Crippen LogP contribution is -2.13. The lowest BCUT2D eigenvalue weighted by Gasteiger charge is -2.15. The Kier molecular flexibility index (Phi) is 7.71. The van der Waals surface area contributed by atoms with Gasteiger partial charge in [0.2, 0.25) is 10.0 Å². The number of hydrogen-bond donors (Lipinski definition) is 4. The number of carbonyl (C=O) groups is 1. The molecule has 4 rings (SSSR count). The molecule has 0 bridgehead atoms. The van der Waals surface area contributed by atoms with Crippen LogP contribution in [-0.4, -0.2) is 38.7 Å². The fraction of sp³-hybridized carbons (Fsp3) is 0.0385. The van der Waals surface area contributed by atoms with Crippen LogP contribution in [0.1, 0.15) is 21.5 Å². The molecule has 0 aliphatic heterocycles. The quantitative estimate of drug-likeness (QED) is 0.134. The Bertz CT molecular complexity index is 2060. The summed E-state index contributed by atoms with van der Waals surface area (Å²) < 4.78 is 58.6. The largest absolute Gasteiger partial charge is 0.505 e. The van der Waals surface area contributed by atoms with Gasteiger partial charge in [-0.05, 0) is 48.5 Å². The molecule has 4 aromatic carbocycles. The predicted octanol–water partition coefficient (Wildman–Crippen LogP) is 4.57. The molecule has 15 heteroatoms. The Morgan fingerprint density at radius 2 is 1.59 bits per heavy atom. The van der Waals surface area contributed by atoms with Crippen LogP contribution in [0.5, 0.6) is 5.75 Å². The summed E-state index contributed by atoms with van der Waals surface area (Å²) in [5, 5.41) is 40.4. The summed E-state index contributed by atoms with van der Waals surface area (Å²) in [5.41, 5.74) is 0.0748. The van der Waals surface area contributed by atoms with Crippen LogP contribution >= 0.6 is 0 Å². The third kappa shape index (κ3) is 6.45. The van der Waals surface area contributed by atoms with E-state index in [-0.39, 0.29) is 50.2 Å². The number of sulfonamides is 1. The maximum Gasteiger partial charge on any atom is 0.294 e. The van der Waals surface area contributed by atoms with Crippen molar-refractivity contribution in [3.05, 3.63) is 83.4 Å². The summed E-state index contributed by atoms with van der Waals surface area (Å²) in [6, 6.07) is 18.0. The van der Waals surface area contributed by atoms with E-state index in [9.17, 15) is 36.6 Å². The van der Waals surface area contributed by atoms with Crippen LogP contribution in [0.4, 0.5) is 22.7 Å². The van der Waals surface area contributed by atoms with Gasteiger partial charge in [0.25, 0.3) is 16.0 Å². The van der Waals surface area contributed by atoms with E-state index in [0.717, 1.165) is 18.4 Å². The van der Waals surface area contributed by atoms with Crippen LogP contribution in [-0.2, 0) is 20.1 Å². The van der Waals surface area contributed by atoms with E-state index < -0.39 is 36.7 Å². The molecule has 0 heterocycles. The zero-order valence-electron chi connectivity index (χ0n) is 20.9. The summed E-state index contributed by atoms with van der Waals surface area (Å²) in [7, 11) is -8.36. The number of amides is 1. The van der Waals surface area contributed by atoms with E-state index in [1.54, 1.807) is 0 Å². The van der Waals surface area contributed by atoms with Gasteiger partial charge in [-0.2, -0.15) is 24.1 Å². The molecule has 0 fully saturated rings. The summed E-state index contributed by atoms with van der Waals surface area (Å²) >= 11 is 0. The lowest BCUT2D eigenvalue weighted by atomic mass is 10.0. The van der Waals surface area contributed by atoms with E-state index in [1.165, 1.54) is 54.6 Å². The van der Waals surface area contributed by atoms with Gasteiger partial charge in [0.1, 0.15) is 17.9 Å². The van der Waals surface area contributed by atoms with Crippen molar-refractivity contribution in [3.63, 3.8) is 0 Å². The third-order valence-electron chi connectivity index (χ3n) is 5.57. The number of rotatable bonds is 7. The van der Waals surface area contributed by atoms with Gasteiger partial charge in [0, 0.05) is 16.3 Å². The van der Waals surface area contributed by atoms with Crippen LogP contribution in [0.15, 0.2) is 81.9 Å². The van der Waals surface area contributed by atoms with Crippen molar-refractivity contribution >= 4 is 59.6 Å². The number of nitrogens with zero attached hydrogens (tertiary/aromatic N) is 4. The van der Waals surface area contributed by atoms with Crippen molar-refractivity contribution in [3.8, 4) is 17.9 Å². The number of anilines is 2. The molecule has 4 aromatic rings. The lowest BCUT2D eigenvalue weighted by molar-refractivity contribution is 0.102. The Morgan fingerprint density at radius 1 is 0.878 bits per heavy atom. The molecule has 0 atom stereocenters. The first-order valence-electron chi connectivity index (χ1n) is 11.3. The maximum atomic E-state index is 13.0. The van der Waals surface area contributed by atoms with E-state index in [4.69, 9.17) is 5.26 Å². The number of fused-ring (bicyclic) bond motifs is 1. The molecule has 206 valence electrons. The highest BCUT2D eigenvalue weighted by Crippen LogP contribution is 2.43. The van der Waals surface area contributed by atoms with Gasteiger partial charge >= 0.3 is 0 Å². The fourth-order valence-corrected chi connectivity index (χ4v) is 4.89. The number of aromatic hydroxyl groups is 1. The fourth-order valence-electron chi connectivity index (χ4n) is 3.80. The van der Waals surface area contributed by atoms with Gasteiger partial charge < -0.3 is 10.4 Å². The minimum atomic E-state index is -4.59. The molecule has 13 nitrogen and oxygen atoms in total. The van der Waals surface area contributed by atoms with E-state index in [0.29, 0.717) is 0 Å². The highest BCUT2D eigenvalue weighted by molar-refractivity contribution is 7.92. The van der Waals surface area contributed by atoms with Crippen molar-refractivity contribution in [1.82, 2.24) is 0 Å². The van der Waals surface area contributed by atoms with Gasteiger partial charge in [0.15, 0.2) is 0 Å². The van der Waals surface area contributed by atoms with Crippen molar-refractivity contribution < 1.29 is 31.3 Å². The average molecular weight is 591 g/mol. The molecule has 0 saturated carbocycles. The SMILES string of the molecule is CS(=O)(=O)Nc1cccc2c(O)c(NC(=O)c3cccc(S(=O)(=O)O)c3)cc(N=Nc3ccc(C#N)c(C#N)c3)c12. The van der Waals surface area contributed by atoms with Gasteiger partial charge in [0.05, 0.1) is 45.0 Å². The molecule has 0 radical (unpaired) electrons. The van der Waals surface area contributed by atoms with Crippen molar-refractivity contribution in [1.29, 1.82) is 10.5 Å². The second-order valence-corrected chi connectivity index (χ2v) is 11.7. The molecule has 0 unspecified atom stereocenters. The van der Waals surface area contributed by atoms with Gasteiger partial charge in [-0.3, -0.25) is 14.1 Å². The monoisotopic (exact) mass is 590 g/mol. The second-order valence-electron chi connectivity index (χ2n) is 8.50. The van der Waals surface area contributed by atoms with E-state index in [1.807, 2.05) is 12.1 Å². The molecule has 41 heavy (non-hydrogen) atoms. The van der Waals surface area contributed by atoms with Crippen LogP contribution in [0.3, 0.4) is 0 Å². The van der Waals surface area contributed by atoms with Crippen LogP contribution in [0.2, 0.25) is 0 Å². The van der Waals surface area contributed by atoms with E-state index >= 15 is 0 Å². The number of nitrogens with one attached hydrogen (secondary N) is 2. The number of nitriles is 2. The van der Waals surface area contributed by atoms with Crippen LogP contribution < -0.4 is 10.0 Å².